The largest absolute Gasteiger partial charge is 0.326 e. The number of nitrogens with zero attached hydrogens (tertiary/aromatic N) is 1. The minimum Gasteiger partial charge on any atom is -0.326 e. The van der Waals surface area contributed by atoms with Gasteiger partial charge in [0.2, 0.25) is 11.8 Å². The fourth-order valence-electron chi connectivity index (χ4n) is 2.39. The van der Waals surface area contributed by atoms with E-state index in [9.17, 15) is 9.59 Å². The molecule has 2 amide bonds. The molecule has 1 unspecified atom stereocenters. The SMILES string of the molecule is CCNCC(C)C(=O)Nc1cccc(N2CCCC2=O)c1. The number of hydrogen-bond donors (Lipinski definition) is 2. The summed E-state index contributed by atoms with van der Waals surface area (Å²) in [6, 6.07) is 7.48. The Kier molecular flexibility index (Phi) is 5.33. The molecule has 114 valence electrons. The molecule has 1 fully saturated rings. The minimum atomic E-state index is -0.0953. The first-order chi connectivity index (χ1) is 10.1. The summed E-state index contributed by atoms with van der Waals surface area (Å²) in [5, 5.41) is 6.08. The van der Waals surface area contributed by atoms with E-state index in [0.29, 0.717) is 13.0 Å². The van der Waals surface area contributed by atoms with Gasteiger partial charge in [0, 0.05) is 36.8 Å². The monoisotopic (exact) mass is 289 g/mol. The quantitative estimate of drug-likeness (QED) is 0.842. The molecular weight excluding hydrogens is 266 g/mol. The van der Waals surface area contributed by atoms with Crippen molar-refractivity contribution in [1.29, 1.82) is 0 Å². The standard InChI is InChI=1S/C16H23N3O2/c1-3-17-11-12(2)16(21)18-13-6-4-7-14(10-13)19-9-5-8-15(19)20/h4,6-7,10,12,17H,3,5,8-9,11H2,1-2H3,(H,18,21). The molecule has 1 saturated heterocycles. The van der Waals surface area contributed by atoms with Crippen LogP contribution in [0.15, 0.2) is 24.3 Å². The third kappa shape index (κ3) is 4.04. The van der Waals surface area contributed by atoms with Crippen LogP contribution in [-0.4, -0.2) is 31.4 Å². The second-order valence-electron chi connectivity index (χ2n) is 5.40. The first-order valence-corrected chi connectivity index (χ1v) is 7.54. The number of amides is 2. The molecule has 5 nitrogen and oxygen atoms in total. The number of nitrogens with one attached hydrogen (secondary N) is 2. The third-order valence-corrected chi connectivity index (χ3v) is 3.65. The van der Waals surface area contributed by atoms with Crippen LogP contribution in [0.2, 0.25) is 0 Å². The van der Waals surface area contributed by atoms with Crippen molar-refractivity contribution in [2.24, 2.45) is 5.92 Å². The van der Waals surface area contributed by atoms with Gasteiger partial charge < -0.3 is 15.5 Å². The lowest BCUT2D eigenvalue weighted by atomic mass is 10.1. The molecule has 2 N–H and O–H groups in total. The molecule has 5 heteroatoms. The molecule has 0 aromatic heterocycles. The van der Waals surface area contributed by atoms with E-state index in [1.54, 1.807) is 4.90 Å². The van der Waals surface area contributed by atoms with Gasteiger partial charge in [-0.15, -0.1) is 0 Å². The molecule has 1 aromatic rings. The van der Waals surface area contributed by atoms with Crippen LogP contribution in [0.5, 0.6) is 0 Å². The lowest BCUT2D eigenvalue weighted by Crippen LogP contribution is -2.30. The van der Waals surface area contributed by atoms with E-state index in [4.69, 9.17) is 0 Å². The van der Waals surface area contributed by atoms with Gasteiger partial charge in [0.1, 0.15) is 0 Å². The van der Waals surface area contributed by atoms with Gasteiger partial charge >= 0.3 is 0 Å². The van der Waals surface area contributed by atoms with Crippen molar-refractivity contribution in [1.82, 2.24) is 5.32 Å². The Bertz CT molecular complexity index is 516. The van der Waals surface area contributed by atoms with Gasteiger partial charge in [0.25, 0.3) is 0 Å². The first-order valence-electron chi connectivity index (χ1n) is 7.54. The Hall–Kier alpha value is -1.88. The van der Waals surface area contributed by atoms with Gasteiger partial charge in [0.15, 0.2) is 0 Å². The molecule has 1 aliphatic rings. The number of hydrogen-bond acceptors (Lipinski definition) is 3. The molecule has 0 radical (unpaired) electrons. The maximum absolute atomic E-state index is 12.1. The Balaban J connectivity index is 2.01. The molecule has 1 atom stereocenters. The summed E-state index contributed by atoms with van der Waals surface area (Å²) in [6.07, 6.45) is 1.51. The van der Waals surface area contributed by atoms with E-state index >= 15 is 0 Å². The molecule has 0 spiro atoms. The molecular formula is C16H23N3O2. The summed E-state index contributed by atoms with van der Waals surface area (Å²) in [5.41, 5.74) is 1.59. The summed E-state index contributed by atoms with van der Waals surface area (Å²) < 4.78 is 0. The van der Waals surface area contributed by atoms with E-state index in [1.807, 2.05) is 38.1 Å². The lowest BCUT2D eigenvalue weighted by Gasteiger charge is -2.17. The normalized spacial score (nSPS) is 16.1. The highest BCUT2D eigenvalue weighted by molar-refractivity contribution is 5.97. The summed E-state index contributed by atoms with van der Waals surface area (Å²) in [7, 11) is 0. The maximum atomic E-state index is 12.1. The lowest BCUT2D eigenvalue weighted by molar-refractivity contribution is -0.119. The van der Waals surface area contributed by atoms with Crippen LogP contribution in [0.3, 0.4) is 0 Å². The highest BCUT2D eigenvalue weighted by Crippen LogP contribution is 2.24. The van der Waals surface area contributed by atoms with Crippen molar-refractivity contribution in [3.05, 3.63) is 24.3 Å². The fraction of sp³-hybridized carbons (Fsp3) is 0.500. The fourth-order valence-corrected chi connectivity index (χ4v) is 2.39. The van der Waals surface area contributed by atoms with E-state index in [0.717, 1.165) is 30.9 Å². The molecule has 1 aliphatic heterocycles. The van der Waals surface area contributed by atoms with Crippen LogP contribution >= 0.6 is 0 Å². The Morgan fingerprint density at radius 1 is 1.43 bits per heavy atom. The topological polar surface area (TPSA) is 61.4 Å². The van der Waals surface area contributed by atoms with Crippen molar-refractivity contribution >= 4 is 23.2 Å². The Labute approximate surface area is 125 Å². The van der Waals surface area contributed by atoms with Crippen LogP contribution in [-0.2, 0) is 9.59 Å². The third-order valence-electron chi connectivity index (χ3n) is 3.65. The number of rotatable bonds is 6. The number of carbonyl (C=O) groups is 2. The van der Waals surface area contributed by atoms with Crippen molar-refractivity contribution in [2.45, 2.75) is 26.7 Å². The summed E-state index contributed by atoms with van der Waals surface area (Å²) in [5.74, 6) is 0.0434. The predicted octanol–water partition coefficient (Wildman–Crippen LogP) is 2.00. The van der Waals surface area contributed by atoms with Crippen LogP contribution < -0.4 is 15.5 Å². The Morgan fingerprint density at radius 2 is 2.24 bits per heavy atom. The maximum Gasteiger partial charge on any atom is 0.228 e. The van der Waals surface area contributed by atoms with Crippen molar-refractivity contribution < 1.29 is 9.59 Å². The van der Waals surface area contributed by atoms with Crippen molar-refractivity contribution in [3.8, 4) is 0 Å². The van der Waals surface area contributed by atoms with E-state index < -0.39 is 0 Å². The second-order valence-corrected chi connectivity index (χ2v) is 5.40. The molecule has 0 saturated carbocycles. The molecule has 1 aromatic carbocycles. The molecule has 0 aliphatic carbocycles. The molecule has 0 bridgehead atoms. The van der Waals surface area contributed by atoms with Crippen molar-refractivity contribution in [3.63, 3.8) is 0 Å². The van der Waals surface area contributed by atoms with Gasteiger partial charge in [-0.25, -0.2) is 0 Å². The Morgan fingerprint density at radius 3 is 2.90 bits per heavy atom. The van der Waals surface area contributed by atoms with Gasteiger partial charge in [-0.2, -0.15) is 0 Å². The van der Waals surface area contributed by atoms with E-state index in [1.165, 1.54) is 0 Å². The minimum absolute atomic E-state index is 0.0131. The van der Waals surface area contributed by atoms with Crippen molar-refractivity contribution in [2.75, 3.05) is 29.9 Å². The van der Waals surface area contributed by atoms with Crippen LogP contribution in [0.1, 0.15) is 26.7 Å². The highest BCUT2D eigenvalue weighted by atomic mass is 16.2. The highest BCUT2D eigenvalue weighted by Gasteiger charge is 2.22. The average molecular weight is 289 g/mol. The van der Waals surface area contributed by atoms with Gasteiger partial charge in [0.05, 0.1) is 0 Å². The zero-order valence-corrected chi connectivity index (χ0v) is 12.7. The summed E-state index contributed by atoms with van der Waals surface area (Å²) in [6.45, 7) is 6.18. The molecule has 2 rings (SSSR count). The molecule has 1 heterocycles. The summed E-state index contributed by atoms with van der Waals surface area (Å²) >= 11 is 0. The van der Waals surface area contributed by atoms with Gasteiger partial charge in [-0.05, 0) is 31.2 Å². The van der Waals surface area contributed by atoms with Gasteiger partial charge in [-0.3, -0.25) is 9.59 Å². The van der Waals surface area contributed by atoms with E-state index in [-0.39, 0.29) is 17.7 Å². The second kappa shape index (κ2) is 7.22. The van der Waals surface area contributed by atoms with Crippen LogP contribution in [0, 0.1) is 5.92 Å². The van der Waals surface area contributed by atoms with Gasteiger partial charge in [-0.1, -0.05) is 19.9 Å². The number of benzene rings is 1. The summed E-state index contributed by atoms with van der Waals surface area (Å²) in [4.78, 5) is 25.6. The number of anilines is 2. The average Bonchev–Trinajstić information content (AvgIpc) is 2.91. The predicted molar refractivity (Wildman–Crippen MR) is 84.4 cm³/mol. The molecule has 21 heavy (non-hydrogen) atoms. The van der Waals surface area contributed by atoms with Crippen LogP contribution in [0.25, 0.3) is 0 Å². The van der Waals surface area contributed by atoms with Crippen LogP contribution in [0.4, 0.5) is 11.4 Å². The zero-order chi connectivity index (χ0) is 15.2. The number of carbonyl (C=O) groups excluding carboxylic acids is 2. The smallest absolute Gasteiger partial charge is 0.228 e. The zero-order valence-electron chi connectivity index (χ0n) is 12.7. The first kappa shape index (κ1) is 15.5. The van der Waals surface area contributed by atoms with E-state index in [2.05, 4.69) is 10.6 Å².